The van der Waals surface area contributed by atoms with E-state index in [9.17, 15) is 9.59 Å². The van der Waals surface area contributed by atoms with Gasteiger partial charge in [0.1, 0.15) is 0 Å². The average Bonchev–Trinajstić information content (AvgIpc) is 3.16. The molecule has 0 atom stereocenters. The number of esters is 2. The largest absolute Gasteiger partial charge is 0.463 e. The van der Waals surface area contributed by atoms with Gasteiger partial charge in [-0.15, -0.1) is 0 Å². The molecule has 1 aliphatic heterocycles. The zero-order chi connectivity index (χ0) is 37.9. The third-order valence-electron chi connectivity index (χ3n) is 8.51. The molecule has 284 valence electrons. The highest BCUT2D eigenvalue weighted by molar-refractivity contribution is 5.96. The van der Waals surface area contributed by atoms with E-state index in [4.69, 9.17) is 19.4 Å². The summed E-state index contributed by atoms with van der Waals surface area (Å²) in [7, 11) is 0. The van der Waals surface area contributed by atoms with Crippen LogP contribution < -0.4 is 10.6 Å². The SMILES string of the molecule is C/C=C\C=C(/C)c1ccccn1.C1CCCCCCC1.CCOC(=O)C1=C\CNCc2cccc(n2)-c2cccc(n2)CNCC/C(C(=O)OCC)=C\1. The molecule has 4 heterocycles. The van der Waals surface area contributed by atoms with E-state index in [-0.39, 0.29) is 13.2 Å². The number of rotatable bonds is 6. The van der Waals surface area contributed by atoms with Crippen LogP contribution in [0.25, 0.3) is 17.0 Å². The van der Waals surface area contributed by atoms with E-state index >= 15 is 0 Å². The number of nitrogens with zero attached hydrogens (tertiary/aromatic N) is 3. The Kier molecular flexibility index (Phi) is 21.0. The van der Waals surface area contributed by atoms with Gasteiger partial charge in [-0.05, 0) is 88.7 Å². The van der Waals surface area contributed by atoms with E-state index in [1.54, 1.807) is 26.0 Å². The van der Waals surface area contributed by atoms with Crippen LogP contribution in [0.5, 0.6) is 0 Å². The lowest BCUT2D eigenvalue weighted by Crippen LogP contribution is -2.20. The monoisotopic (exact) mass is 721 g/mol. The molecule has 53 heavy (non-hydrogen) atoms. The molecule has 4 bridgehead atoms. The highest BCUT2D eigenvalue weighted by Crippen LogP contribution is 2.17. The van der Waals surface area contributed by atoms with Crippen molar-refractivity contribution >= 4 is 17.5 Å². The van der Waals surface area contributed by atoms with Crippen LogP contribution in [0.4, 0.5) is 0 Å². The Labute approximate surface area is 317 Å². The summed E-state index contributed by atoms with van der Waals surface area (Å²) in [5.74, 6) is -0.923. The number of allylic oxidation sites excluding steroid dienone is 4. The molecule has 1 fully saturated rings. The van der Waals surface area contributed by atoms with E-state index in [2.05, 4.69) is 28.6 Å². The van der Waals surface area contributed by atoms with E-state index in [1.165, 1.54) is 56.9 Å². The van der Waals surface area contributed by atoms with E-state index < -0.39 is 11.9 Å². The van der Waals surface area contributed by atoms with Crippen LogP contribution in [0.3, 0.4) is 0 Å². The molecule has 2 aliphatic rings. The molecule has 1 saturated carbocycles. The topological polar surface area (TPSA) is 115 Å². The zero-order valence-corrected chi connectivity index (χ0v) is 32.2. The number of pyridine rings is 3. The smallest absolute Gasteiger partial charge is 0.337 e. The maximum absolute atomic E-state index is 12.5. The molecular formula is C44H59N5O4. The Morgan fingerprint density at radius 3 is 1.89 bits per heavy atom. The number of carbonyl (C=O) groups excluding carboxylic acids is 2. The van der Waals surface area contributed by atoms with Gasteiger partial charge >= 0.3 is 11.9 Å². The van der Waals surface area contributed by atoms with Crippen LogP contribution in [-0.4, -0.2) is 53.2 Å². The second-order valence-electron chi connectivity index (χ2n) is 12.8. The fourth-order valence-corrected chi connectivity index (χ4v) is 5.66. The normalized spacial score (nSPS) is 17.7. The minimum absolute atomic E-state index is 0.246. The summed E-state index contributed by atoms with van der Waals surface area (Å²) < 4.78 is 10.4. The van der Waals surface area contributed by atoms with Gasteiger partial charge in [0.2, 0.25) is 0 Å². The fraction of sp³-hybridized carbons (Fsp3) is 0.432. The average molecular weight is 722 g/mol. The first kappa shape index (κ1) is 42.7. The van der Waals surface area contributed by atoms with Crippen molar-refractivity contribution in [1.29, 1.82) is 0 Å². The molecule has 0 aromatic carbocycles. The minimum atomic E-state index is -0.479. The maximum atomic E-state index is 12.5. The van der Waals surface area contributed by atoms with Crippen LogP contribution >= 0.6 is 0 Å². The Morgan fingerprint density at radius 1 is 0.755 bits per heavy atom. The second-order valence-corrected chi connectivity index (χ2v) is 12.8. The van der Waals surface area contributed by atoms with Gasteiger partial charge in [-0.1, -0.05) is 93.9 Å². The molecule has 0 unspecified atom stereocenters. The van der Waals surface area contributed by atoms with Gasteiger partial charge in [-0.2, -0.15) is 0 Å². The van der Waals surface area contributed by atoms with Crippen LogP contribution in [0.15, 0.2) is 102 Å². The van der Waals surface area contributed by atoms with Crippen molar-refractivity contribution in [3.63, 3.8) is 0 Å². The molecule has 0 amide bonds. The lowest BCUT2D eigenvalue weighted by Gasteiger charge is -2.10. The predicted octanol–water partition coefficient (Wildman–Crippen LogP) is 8.89. The van der Waals surface area contributed by atoms with Crippen molar-refractivity contribution in [3.8, 4) is 11.4 Å². The summed E-state index contributed by atoms with van der Waals surface area (Å²) >= 11 is 0. The number of aromatic nitrogens is 3. The Hall–Kier alpha value is -4.73. The summed E-state index contributed by atoms with van der Waals surface area (Å²) in [4.78, 5) is 38.7. The quantitative estimate of drug-likeness (QED) is 0.190. The predicted molar refractivity (Wildman–Crippen MR) is 215 cm³/mol. The first-order valence-electron chi connectivity index (χ1n) is 19.2. The van der Waals surface area contributed by atoms with Crippen molar-refractivity contribution < 1.29 is 19.1 Å². The van der Waals surface area contributed by atoms with Crippen molar-refractivity contribution in [2.75, 3.05) is 26.3 Å². The summed E-state index contributed by atoms with van der Waals surface area (Å²) in [6.45, 7) is 10.0. The summed E-state index contributed by atoms with van der Waals surface area (Å²) in [6.07, 6.45) is 23.6. The number of nitrogens with one attached hydrogen (secondary N) is 2. The van der Waals surface area contributed by atoms with Crippen LogP contribution in [0.2, 0.25) is 0 Å². The number of fused-ring (bicyclic) bond motifs is 5. The molecule has 9 nitrogen and oxygen atoms in total. The lowest BCUT2D eigenvalue weighted by molar-refractivity contribution is -0.138. The molecule has 9 heteroatoms. The zero-order valence-electron chi connectivity index (χ0n) is 32.2. The number of carbonyl (C=O) groups is 2. The van der Waals surface area contributed by atoms with Gasteiger partial charge in [0.15, 0.2) is 0 Å². The minimum Gasteiger partial charge on any atom is -0.463 e. The van der Waals surface area contributed by atoms with Gasteiger partial charge in [0.05, 0.1) is 47.3 Å². The molecule has 5 rings (SSSR count). The van der Waals surface area contributed by atoms with Gasteiger partial charge in [0, 0.05) is 31.4 Å². The second kappa shape index (κ2) is 26.1. The molecule has 0 spiro atoms. The number of ether oxygens (including phenoxy) is 2. The maximum Gasteiger partial charge on any atom is 0.337 e. The van der Waals surface area contributed by atoms with Crippen LogP contribution in [-0.2, 0) is 32.2 Å². The highest BCUT2D eigenvalue weighted by atomic mass is 16.5. The Balaban J connectivity index is 0.000000305. The van der Waals surface area contributed by atoms with Gasteiger partial charge in [-0.25, -0.2) is 19.6 Å². The first-order chi connectivity index (χ1) is 25.9. The van der Waals surface area contributed by atoms with Crippen molar-refractivity contribution in [2.24, 2.45) is 0 Å². The summed E-state index contributed by atoms with van der Waals surface area (Å²) in [5.41, 5.74) is 6.28. The van der Waals surface area contributed by atoms with Crippen molar-refractivity contribution in [2.45, 2.75) is 98.6 Å². The molecule has 0 saturated heterocycles. The Morgan fingerprint density at radius 2 is 1.34 bits per heavy atom. The van der Waals surface area contributed by atoms with Crippen molar-refractivity contribution in [1.82, 2.24) is 25.6 Å². The molecule has 1 aliphatic carbocycles. The van der Waals surface area contributed by atoms with Gasteiger partial charge in [-0.3, -0.25) is 4.98 Å². The van der Waals surface area contributed by atoms with E-state index in [0.717, 1.165) is 28.5 Å². The Bertz CT molecular complexity index is 1620. The molecule has 0 radical (unpaired) electrons. The third kappa shape index (κ3) is 17.1. The standard InChI is InChI=1S/C25H30N4O4.C11H13N.C8H16/c1-3-32-24(30)18-11-13-26-16-20-7-5-9-22(28-20)23-10-6-8-21(29-23)17-27-14-12-19(15-18)25(31)33-4-2;1-3-4-7-10(2)11-8-5-6-9-12-11;1-2-4-6-8-7-5-3-1/h5-11,15,26-27H,3-4,12-14,16-17H2,1-2H3;3-9H,1-2H3;1-8H2/b18-11-,19-15+;4-3-,10-7+;. The van der Waals surface area contributed by atoms with Crippen LogP contribution in [0.1, 0.15) is 103 Å². The number of hydrogen-bond donors (Lipinski definition) is 2. The van der Waals surface area contributed by atoms with E-state index in [1.807, 2.05) is 79.9 Å². The van der Waals surface area contributed by atoms with Gasteiger partial charge in [0.25, 0.3) is 0 Å². The highest BCUT2D eigenvalue weighted by Gasteiger charge is 2.16. The van der Waals surface area contributed by atoms with Crippen molar-refractivity contribution in [3.05, 3.63) is 119 Å². The van der Waals surface area contributed by atoms with Gasteiger partial charge < -0.3 is 20.1 Å². The molecule has 3 aromatic rings. The first-order valence-corrected chi connectivity index (χ1v) is 19.2. The third-order valence-corrected chi connectivity index (χ3v) is 8.51. The molecular weight excluding hydrogens is 663 g/mol. The fourth-order valence-electron chi connectivity index (χ4n) is 5.66. The summed E-state index contributed by atoms with van der Waals surface area (Å²) in [5, 5.41) is 6.58. The van der Waals surface area contributed by atoms with Crippen LogP contribution in [0, 0.1) is 0 Å². The van der Waals surface area contributed by atoms with E-state index in [0.29, 0.717) is 43.7 Å². The number of hydrogen-bond acceptors (Lipinski definition) is 9. The molecule has 3 aromatic heterocycles. The molecule has 2 N–H and O–H groups in total. The summed E-state index contributed by atoms with van der Waals surface area (Å²) in [6, 6.07) is 17.6. The lowest BCUT2D eigenvalue weighted by atomic mass is 10.0.